The van der Waals surface area contributed by atoms with Crippen LogP contribution in [0.1, 0.15) is 25.0 Å². The highest BCUT2D eigenvalue weighted by molar-refractivity contribution is 7.99. The number of amides is 2. The number of non-ortho nitro benzene ring substituents is 1. The molecule has 0 saturated heterocycles. The van der Waals surface area contributed by atoms with Crippen molar-refractivity contribution in [1.82, 2.24) is 10.2 Å². The Labute approximate surface area is 174 Å². The fourth-order valence-electron chi connectivity index (χ4n) is 2.74. The lowest BCUT2D eigenvalue weighted by Gasteiger charge is -2.28. The Kier molecular flexibility index (Phi) is 8.67. The molecule has 7 nitrogen and oxygen atoms in total. The number of nitro benzene ring substituents is 1. The molecule has 29 heavy (non-hydrogen) atoms. The van der Waals surface area contributed by atoms with Crippen LogP contribution in [-0.2, 0) is 21.9 Å². The maximum absolute atomic E-state index is 12.9. The number of carbonyl (C=O) groups excluding carboxylic acids is 2. The topological polar surface area (TPSA) is 92.6 Å². The first-order chi connectivity index (χ1) is 13.9. The zero-order valence-electron chi connectivity index (χ0n) is 16.5. The van der Waals surface area contributed by atoms with Gasteiger partial charge in [-0.3, -0.25) is 19.7 Å². The van der Waals surface area contributed by atoms with Crippen molar-refractivity contribution in [2.75, 3.05) is 12.3 Å². The van der Waals surface area contributed by atoms with Gasteiger partial charge in [0, 0.05) is 31.0 Å². The first-order valence-electron chi connectivity index (χ1n) is 9.34. The predicted octanol–water partition coefficient (Wildman–Crippen LogP) is 3.38. The maximum atomic E-state index is 12.9. The summed E-state index contributed by atoms with van der Waals surface area (Å²) in [7, 11) is 0. The molecule has 0 aliphatic carbocycles. The quantitative estimate of drug-likeness (QED) is 0.474. The largest absolute Gasteiger partial charge is 0.355 e. The van der Waals surface area contributed by atoms with Crippen LogP contribution in [-0.4, -0.2) is 40.0 Å². The highest BCUT2D eigenvalue weighted by atomic mass is 32.2. The molecule has 0 bridgehead atoms. The third-order valence-electron chi connectivity index (χ3n) is 4.36. The normalized spacial score (nSPS) is 11.5. The third-order valence-corrected chi connectivity index (χ3v) is 5.34. The first kappa shape index (κ1) is 22.4. The molecular weight excluding hydrogens is 390 g/mol. The average molecular weight is 416 g/mol. The van der Waals surface area contributed by atoms with Crippen LogP contribution in [0.25, 0.3) is 0 Å². The van der Waals surface area contributed by atoms with Gasteiger partial charge in [-0.05, 0) is 25.0 Å². The molecule has 0 saturated carbocycles. The summed E-state index contributed by atoms with van der Waals surface area (Å²) >= 11 is 1.42. The van der Waals surface area contributed by atoms with Crippen molar-refractivity contribution in [1.29, 1.82) is 0 Å². The fraction of sp³-hybridized carbons (Fsp3) is 0.333. The maximum Gasteiger partial charge on any atom is 0.269 e. The summed E-state index contributed by atoms with van der Waals surface area (Å²) in [5.41, 5.74) is 1.90. The number of likely N-dealkylation sites (N-methyl/N-ethyl adjacent to an activating group) is 1. The summed E-state index contributed by atoms with van der Waals surface area (Å²) in [6, 6.07) is 15.3. The number of rotatable bonds is 10. The van der Waals surface area contributed by atoms with E-state index < -0.39 is 11.0 Å². The molecule has 0 radical (unpaired) electrons. The molecule has 2 rings (SSSR count). The average Bonchev–Trinajstić information content (AvgIpc) is 2.72. The Morgan fingerprint density at radius 2 is 1.76 bits per heavy atom. The molecule has 0 aliphatic rings. The van der Waals surface area contributed by atoms with Crippen molar-refractivity contribution >= 4 is 29.3 Å². The molecule has 0 heterocycles. The minimum atomic E-state index is -0.581. The monoisotopic (exact) mass is 415 g/mol. The third kappa shape index (κ3) is 6.90. The van der Waals surface area contributed by atoms with Gasteiger partial charge in [-0.15, -0.1) is 11.8 Å². The van der Waals surface area contributed by atoms with Crippen LogP contribution in [0, 0.1) is 10.1 Å². The van der Waals surface area contributed by atoms with E-state index in [1.165, 1.54) is 23.9 Å². The fourth-order valence-corrected chi connectivity index (χ4v) is 3.61. The van der Waals surface area contributed by atoms with Gasteiger partial charge in [0.25, 0.3) is 5.69 Å². The summed E-state index contributed by atoms with van der Waals surface area (Å²) in [6.45, 7) is 4.43. The Bertz CT molecular complexity index is 828. The highest BCUT2D eigenvalue weighted by Crippen LogP contribution is 2.18. The number of hydrogen-bond donors (Lipinski definition) is 1. The van der Waals surface area contributed by atoms with E-state index in [0.717, 1.165) is 11.1 Å². The number of hydrogen-bond acceptors (Lipinski definition) is 5. The van der Waals surface area contributed by atoms with Crippen molar-refractivity contribution in [3.05, 3.63) is 75.8 Å². The Hall–Kier alpha value is -2.87. The lowest BCUT2D eigenvalue weighted by molar-refractivity contribution is -0.384. The van der Waals surface area contributed by atoms with E-state index in [0.29, 0.717) is 18.8 Å². The molecule has 0 fully saturated rings. The Morgan fingerprint density at radius 1 is 1.10 bits per heavy atom. The van der Waals surface area contributed by atoms with Gasteiger partial charge in [-0.2, -0.15) is 0 Å². The first-order valence-corrected chi connectivity index (χ1v) is 10.5. The molecule has 1 unspecified atom stereocenters. The molecule has 0 spiro atoms. The van der Waals surface area contributed by atoms with Crippen molar-refractivity contribution < 1.29 is 14.5 Å². The van der Waals surface area contributed by atoms with E-state index in [-0.39, 0.29) is 23.3 Å². The van der Waals surface area contributed by atoms with E-state index >= 15 is 0 Å². The van der Waals surface area contributed by atoms with Gasteiger partial charge in [0.15, 0.2) is 0 Å². The van der Waals surface area contributed by atoms with Gasteiger partial charge >= 0.3 is 0 Å². The molecule has 8 heteroatoms. The molecule has 1 atom stereocenters. The lowest BCUT2D eigenvalue weighted by Crippen LogP contribution is -2.48. The van der Waals surface area contributed by atoms with E-state index in [4.69, 9.17) is 0 Å². The number of nitrogens with one attached hydrogen (secondary N) is 1. The van der Waals surface area contributed by atoms with Crippen molar-refractivity contribution in [3.8, 4) is 0 Å². The minimum Gasteiger partial charge on any atom is -0.355 e. The van der Waals surface area contributed by atoms with E-state index in [1.807, 2.05) is 37.3 Å². The lowest BCUT2D eigenvalue weighted by atomic mass is 10.1. The van der Waals surface area contributed by atoms with E-state index in [1.54, 1.807) is 24.0 Å². The second-order valence-corrected chi connectivity index (χ2v) is 7.48. The molecule has 0 aromatic heterocycles. The van der Waals surface area contributed by atoms with Gasteiger partial charge in [0.05, 0.1) is 10.7 Å². The number of benzene rings is 2. The van der Waals surface area contributed by atoms with Gasteiger partial charge in [0.2, 0.25) is 11.8 Å². The molecular formula is C21H25N3O4S. The molecule has 2 aromatic carbocycles. The molecule has 2 aromatic rings. The van der Waals surface area contributed by atoms with Crippen LogP contribution >= 0.6 is 11.8 Å². The minimum absolute atomic E-state index is 0.0413. The SMILES string of the molecule is CCNC(=O)C(C)N(Cc1ccccc1)C(=O)CSCc1ccc([N+](=O)[O-])cc1. The molecule has 154 valence electrons. The van der Waals surface area contributed by atoms with Gasteiger partial charge in [-0.1, -0.05) is 42.5 Å². The zero-order chi connectivity index (χ0) is 21.2. The molecule has 1 N–H and O–H groups in total. The van der Waals surface area contributed by atoms with Crippen molar-refractivity contribution in [2.45, 2.75) is 32.2 Å². The van der Waals surface area contributed by atoms with Gasteiger partial charge in [-0.25, -0.2) is 0 Å². The second-order valence-electron chi connectivity index (χ2n) is 6.49. The molecule has 0 aliphatic heterocycles. The standard InChI is InChI=1S/C21H25N3O4S/c1-3-22-21(26)16(2)23(13-17-7-5-4-6-8-17)20(25)15-29-14-18-9-11-19(12-10-18)24(27)28/h4-12,16H,3,13-15H2,1-2H3,(H,22,26). The Morgan fingerprint density at radius 3 is 2.34 bits per heavy atom. The van der Waals surface area contributed by atoms with Crippen LogP contribution in [0.4, 0.5) is 5.69 Å². The van der Waals surface area contributed by atoms with Crippen LogP contribution in [0.15, 0.2) is 54.6 Å². The Balaban J connectivity index is 2.00. The number of nitro groups is 1. The van der Waals surface area contributed by atoms with Gasteiger partial charge in [0.1, 0.15) is 6.04 Å². The number of nitrogens with zero attached hydrogens (tertiary/aromatic N) is 2. The zero-order valence-corrected chi connectivity index (χ0v) is 17.4. The van der Waals surface area contributed by atoms with Gasteiger partial charge < -0.3 is 10.2 Å². The van der Waals surface area contributed by atoms with Crippen LogP contribution in [0.3, 0.4) is 0 Å². The summed E-state index contributed by atoms with van der Waals surface area (Å²) in [6.07, 6.45) is 0. The van der Waals surface area contributed by atoms with Crippen LogP contribution in [0.2, 0.25) is 0 Å². The van der Waals surface area contributed by atoms with Crippen LogP contribution in [0.5, 0.6) is 0 Å². The summed E-state index contributed by atoms with van der Waals surface area (Å²) in [5.74, 6) is 0.461. The van der Waals surface area contributed by atoms with Crippen molar-refractivity contribution in [3.63, 3.8) is 0 Å². The van der Waals surface area contributed by atoms with Crippen LogP contribution < -0.4 is 5.32 Å². The predicted molar refractivity (Wildman–Crippen MR) is 114 cm³/mol. The summed E-state index contributed by atoms with van der Waals surface area (Å²) < 4.78 is 0. The number of thioether (sulfide) groups is 1. The second kappa shape index (κ2) is 11.2. The van der Waals surface area contributed by atoms with E-state index in [2.05, 4.69) is 5.32 Å². The smallest absolute Gasteiger partial charge is 0.269 e. The number of carbonyl (C=O) groups is 2. The highest BCUT2D eigenvalue weighted by Gasteiger charge is 2.25. The summed E-state index contributed by atoms with van der Waals surface area (Å²) in [4.78, 5) is 37.0. The molecule has 2 amide bonds. The van der Waals surface area contributed by atoms with Crippen molar-refractivity contribution in [2.24, 2.45) is 0 Å². The summed E-state index contributed by atoms with van der Waals surface area (Å²) in [5, 5.41) is 13.5. The van der Waals surface area contributed by atoms with E-state index in [9.17, 15) is 19.7 Å².